The van der Waals surface area contributed by atoms with Gasteiger partial charge in [0.25, 0.3) is 0 Å². The van der Waals surface area contributed by atoms with E-state index in [0.29, 0.717) is 40.4 Å². The van der Waals surface area contributed by atoms with Gasteiger partial charge in [-0.2, -0.15) is 4.73 Å². The molecule has 0 aliphatic carbocycles. The molecule has 0 fully saturated rings. The highest BCUT2D eigenvalue weighted by Crippen LogP contribution is 2.41. The van der Waals surface area contributed by atoms with Gasteiger partial charge in [-0.15, -0.1) is 11.3 Å². The van der Waals surface area contributed by atoms with Crippen molar-refractivity contribution in [2.24, 2.45) is 0 Å². The maximum Gasteiger partial charge on any atom is 0.346 e. The minimum Gasteiger partial charge on any atom is -0.619 e. The number of carbonyl (C=O) groups is 1. The van der Waals surface area contributed by atoms with Gasteiger partial charge in [0.2, 0.25) is 0 Å². The van der Waals surface area contributed by atoms with Gasteiger partial charge in [0.15, 0.2) is 32.2 Å². The van der Waals surface area contributed by atoms with Gasteiger partial charge in [-0.1, -0.05) is 50.0 Å². The third kappa shape index (κ3) is 7.26. The van der Waals surface area contributed by atoms with Crippen LogP contribution in [0.15, 0.2) is 36.7 Å². The van der Waals surface area contributed by atoms with Crippen molar-refractivity contribution in [3.8, 4) is 11.5 Å². The molecule has 2 heterocycles. The molecule has 0 bridgehead atoms. The van der Waals surface area contributed by atoms with E-state index < -0.39 is 20.2 Å². The van der Waals surface area contributed by atoms with Crippen LogP contribution in [0.4, 0.5) is 0 Å². The Kier molecular flexibility index (Phi) is 9.99. The normalized spacial score (nSPS) is 12.8. The molecule has 0 spiro atoms. The number of methoxy groups -OCH3 is 2. The van der Waals surface area contributed by atoms with Gasteiger partial charge in [0.1, 0.15) is 14.9 Å². The molecule has 212 valence electrons. The molecule has 39 heavy (non-hydrogen) atoms. The fourth-order valence-corrected chi connectivity index (χ4v) is 6.72. The summed E-state index contributed by atoms with van der Waals surface area (Å²) in [6, 6.07) is 7.41. The number of nitrogens with zero attached hydrogens (tertiary/aromatic N) is 1. The lowest BCUT2D eigenvalue weighted by Crippen LogP contribution is -2.41. The predicted molar refractivity (Wildman–Crippen MR) is 159 cm³/mol. The van der Waals surface area contributed by atoms with Crippen LogP contribution in [0.1, 0.15) is 57.9 Å². The topological polar surface area (TPSA) is 91.9 Å². The third-order valence-corrected chi connectivity index (χ3v) is 13.7. The zero-order chi connectivity index (χ0) is 29.1. The molecule has 0 aliphatic rings. The Morgan fingerprint density at radius 1 is 1.10 bits per heavy atom. The highest BCUT2D eigenvalue weighted by molar-refractivity contribution is 7.14. The van der Waals surface area contributed by atoms with E-state index in [-0.39, 0.29) is 26.4 Å². The number of pyridine rings is 1. The second-order valence-electron chi connectivity index (χ2n) is 10.8. The summed E-state index contributed by atoms with van der Waals surface area (Å²) in [5, 5.41) is 22.5. The van der Waals surface area contributed by atoms with Crippen molar-refractivity contribution >= 4 is 48.8 Å². The standard InChI is InChI=1S/C28H35Cl2NO6SSi/c1-28(2,3)39(6,7)37-11-10-18-13-20(26(38-18)27(32)33)19(14-21-22(29)15-31(34)16-23(21)30)17-8-9-24(35-4)25(12-17)36-5/h8-9,12-13,15-16,19H,10-11,14H2,1-7H3,(H,32,33)/t19-/m0/s1. The molecular weight excluding hydrogens is 577 g/mol. The SMILES string of the molecule is COc1ccc([C@H](Cc2c(Cl)c[n+]([O-])cc2Cl)c2cc(CCO[Si](C)(C)C(C)(C)C)sc2C(=O)O)cc1OC. The van der Waals surface area contributed by atoms with E-state index in [1.54, 1.807) is 20.3 Å². The molecule has 0 radical (unpaired) electrons. The number of aromatic carboxylic acids is 1. The van der Waals surface area contributed by atoms with Gasteiger partial charge in [-0.25, -0.2) is 4.79 Å². The number of halogens is 2. The van der Waals surface area contributed by atoms with Crippen molar-refractivity contribution in [1.29, 1.82) is 0 Å². The smallest absolute Gasteiger partial charge is 0.346 e. The first-order chi connectivity index (χ1) is 18.2. The molecular formula is C28H35Cl2NO6SSi. The minimum atomic E-state index is -1.94. The van der Waals surface area contributed by atoms with Crippen LogP contribution >= 0.6 is 34.5 Å². The third-order valence-electron chi connectivity index (χ3n) is 7.28. The number of carboxylic acids is 1. The number of thiophene rings is 1. The van der Waals surface area contributed by atoms with E-state index in [4.69, 9.17) is 37.1 Å². The molecule has 0 saturated heterocycles. The highest BCUT2D eigenvalue weighted by atomic mass is 35.5. The van der Waals surface area contributed by atoms with Gasteiger partial charge in [0, 0.05) is 29.4 Å². The first kappa shape index (κ1) is 31.2. The molecule has 1 aromatic carbocycles. The second-order valence-corrected chi connectivity index (χ2v) is 17.6. The Balaban J connectivity index is 2.08. The Hall–Kier alpha value is -2.30. The van der Waals surface area contributed by atoms with Crippen LogP contribution < -0.4 is 14.2 Å². The number of ether oxygens (including phenoxy) is 2. The predicted octanol–water partition coefficient (Wildman–Crippen LogP) is 7.34. The summed E-state index contributed by atoms with van der Waals surface area (Å²) in [7, 11) is 1.15. The Bertz CT molecular complexity index is 1320. The van der Waals surface area contributed by atoms with E-state index in [1.807, 2.05) is 18.2 Å². The maximum absolute atomic E-state index is 12.4. The van der Waals surface area contributed by atoms with E-state index >= 15 is 0 Å². The van der Waals surface area contributed by atoms with Crippen molar-refractivity contribution in [1.82, 2.24) is 0 Å². The fourth-order valence-electron chi connectivity index (χ4n) is 4.04. The molecule has 0 amide bonds. The van der Waals surface area contributed by atoms with Crippen LogP contribution in [0.3, 0.4) is 0 Å². The average Bonchev–Trinajstić information content (AvgIpc) is 3.26. The van der Waals surface area contributed by atoms with Crippen molar-refractivity contribution in [3.63, 3.8) is 0 Å². The second kappa shape index (κ2) is 12.5. The van der Waals surface area contributed by atoms with Crippen LogP contribution in [-0.4, -0.2) is 40.2 Å². The zero-order valence-corrected chi connectivity index (χ0v) is 26.6. The highest BCUT2D eigenvalue weighted by Gasteiger charge is 2.37. The average molecular weight is 613 g/mol. The molecule has 0 aliphatic heterocycles. The lowest BCUT2D eigenvalue weighted by atomic mass is 9.85. The van der Waals surface area contributed by atoms with E-state index in [9.17, 15) is 15.1 Å². The first-order valence-corrected chi connectivity index (χ1v) is 16.9. The summed E-state index contributed by atoms with van der Waals surface area (Å²) in [6.07, 6.45) is 3.34. The molecule has 2 aromatic heterocycles. The van der Waals surface area contributed by atoms with Gasteiger partial charge in [-0.3, -0.25) is 0 Å². The van der Waals surface area contributed by atoms with Gasteiger partial charge < -0.3 is 24.2 Å². The summed E-state index contributed by atoms with van der Waals surface area (Å²) in [5.74, 6) is -0.396. The summed E-state index contributed by atoms with van der Waals surface area (Å²) < 4.78 is 17.8. The van der Waals surface area contributed by atoms with E-state index in [1.165, 1.54) is 23.7 Å². The minimum absolute atomic E-state index is 0.0782. The van der Waals surface area contributed by atoms with Crippen molar-refractivity contribution in [3.05, 3.63) is 78.4 Å². The largest absolute Gasteiger partial charge is 0.619 e. The quantitative estimate of drug-likeness (QED) is 0.138. The summed E-state index contributed by atoms with van der Waals surface area (Å²) in [4.78, 5) is 13.6. The Labute approximate surface area is 245 Å². The van der Waals surface area contributed by atoms with E-state index in [0.717, 1.165) is 10.4 Å². The number of hydrogen-bond donors (Lipinski definition) is 1. The molecule has 3 aromatic rings. The van der Waals surface area contributed by atoms with E-state index in [2.05, 4.69) is 33.9 Å². The lowest BCUT2D eigenvalue weighted by molar-refractivity contribution is -0.605. The summed E-state index contributed by atoms with van der Waals surface area (Å²) in [5.41, 5.74) is 1.98. The molecule has 1 atom stereocenters. The molecule has 3 rings (SSSR count). The monoisotopic (exact) mass is 611 g/mol. The Morgan fingerprint density at radius 2 is 1.72 bits per heavy atom. The van der Waals surface area contributed by atoms with Crippen LogP contribution in [0, 0.1) is 5.21 Å². The number of rotatable bonds is 11. The maximum atomic E-state index is 12.4. The number of hydrogen-bond acceptors (Lipinski definition) is 6. The van der Waals surface area contributed by atoms with Gasteiger partial charge in [0.05, 0.1) is 14.2 Å². The van der Waals surface area contributed by atoms with Gasteiger partial charge in [-0.05, 0) is 53.9 Å². The number of benzene rings is 1. The van der Waals surface area contributed by atoms with Crippen LogP contribution in [0.2, 0.25) is 28.2 Å². The van der Waals surface area contributed by atoms with Gasteiger partial charge >= 0.3 is 5.97 Å². The number of aromatic nitrogens is 1. The first-order valence-electron chi connectivity index (χ1n) is 12.5. The van der Waals surface area contributed by atoms with Crippen LogP contribution in [0.5, 0.6) is 11.5 Å². The van der Waals surface area contributed by atoms with Crippen molar-refractivity contribution < 1.29 is 28.5 Å². The Morgan fingerprint density at radius 3 is 2.26 bits per heavy atom. The summed E-state index contributed by atoms with van der Waals surface area (Å²) in [6.45, 7) is 11.5. The molecule has 11 heteroatoms. The molecule has 7 nitrogen and oxygen atoms in total. The van der Waals surface area contributed by atoms with Crippen LogP contribution in [0.25, 0.3) is 0 Å². The fraction of sp³-hybridized carbons (Fsp3) is 0.429. The molecule has 0 saturated carbocycles. The molecule has 1 N–H and O–H groups in total. The number of carboxylic acid groups (broad SMARTS) is 1. The molecule has 0 unspecified atom stereocenters. The van der Waals surface area contributed by atoms with Crippen molar-refractivity contribution in [2.75, 3.05) is 20.8 Å². The zero-order valence-electron chi connectivity index (χ0n) is 23.3. The van der Waals surface area contributed by atoms with Crippen LogP contribution in [-0.2, 0) is 17.3 Å². The lowest BCUT2D eigenvalue weighted by Gasteiger charge is -2.36. The van der Waals surface area contributed by atoms with Crippen molar-refractivity contribution in [2.45, 2.75) is 57.7 Å². The summed E-state index contributed by atoms with van der Waals surface area (Å²) >= 11 is 14.1.